The third-order valence-electron chi connectivity index (χ3n) is 4.37. The number of ether oxygens (including phenoxy) is 1. The van der Waals surface area contributed by atoms with Crippen LogP contribution in [0.5, 0.6) is 5.75 Å². The highest BCUT2D eigenvalue weighted by Crippen LogP contribution is 2.29. The van der Waals surface area contributed by atoms with Crippen molar-refractivity contribution < 1.29 is 19.1 Å². The van der Waals surface area contributed by atoms with Crippen molar-refractivity contribution in [2.45, 2.75) is 39.2 Å². The minimum Gasteiger partial charge on any atom is -0.497 e. The number of nitrogens with zero attached hydrogens (tertiary/aromatic N) is 1. The Bertz CT molecular complexity index is 639. The van der Waals surface area contributed by atoms with Gasteiger partial charge in [-0.3, -0.25) is 14.4 Å². The lowest BCUT2D eigenvalue weighted by atomic mass is 9.94. The van der Waals surface area contributed by atoms with Gasteiger partial charge in [0.05, 0.1) is 13.2 Å². The van der Waals surface area contributed by atoms with Crippen molar-refractivity contribution in [1.82, 2.24) is 10.2 Å². The van der Waals surface area contributed by atoms with E-state index in [1.54, 1.807) is 12.0 Å². The van der Waals surface area contributed by atoms with Gasteiger partial charge >= 0.3 is 0 Å². The second-order valence-electron chi connectivity index (χ2n) is 6.92. The van der Waals surface area contributed by atoms with Crippen molar-refractivity contribution in [1.29, 1.82) is 0 Å². The maximum absolute atomic E-state index is 12.4. The van der Waals surface area contributed by atoms with Gasteiger partial charge in [-0.15, -0.1) is 0 Å². The quantitative estimate of drug-likeness (QED) is 0.796. The van der Waals surface area contributed by atoms with Gasteiger partial charge in [-0.1, -0.05) is 26.0 Å². The molecule has 1 aliphatic heterocycles. The average molecular weight is 346 g/mol. The van der Waals surface area contributed by atoms with Crippen LogP contribution in [0.2, 0.25) is 0 Å². The summed E-state index contributed by atoms with van der Waals surface area (Å²) in [5, 5.41) is 2.91. The first kappa shape index (κ1) is 19.0. The number of carbonyl (C=O) groups excluding carboxylic acids is 3. The van der Waals surface area contributed by atoms with Crippen LogP contribution in [0.25, 0.3) is 0 Å². The Morgan fingerprint density at radius 3 is 2.36 bits per heavy atom. The zero-order valence-corrected chi connectivity index (χ0v) is 15.2. The number of ketones is 1. The van der Waals surface area contributed by atoms with Gasteiger partial charge < -0.3 is 15.0 Å². The standard InChI is InChI=1S/C19H26N2O4/c1-12(2)9-18(23)19(24)21-10-16(17(11-21)20-13(3)22)14-5-7-15(25-4)8-6-14/h5-8,12,16-17H,9-11H2,1-4H3,(H,20,22)/t16-,17+/m0/s1. The first-order valence-electron chi connectivity index (χ1n) is 8.55. The largest absolute Gasteiger partial charge is 0.497 e. The molecule has 1 aliphatic rings. The van der Waals surface area contributed by atoms with Gasteiger partial charge in [0.25, 0.3) is 5.91 Å². The van der Waals surface area contributed by atoms with Crippen LogP contribution in [-0.4, -0.2) is 48.7 Å². The number of methoxy groups -OCH3 is 1. The molecule has 0 saturated carbocycles. The highest BCUT2D eigenvalue weighted by atomic mass is 16.5. The molecule has 0 bridgehead atoms. The molecular weight excluding hydrogens is 320 g/mol. The molecule has 2 rings (SSSR count). The van der Waals surface area contributed by atoms with E-state index in [4.69, 9.17) is 4.74 Å². The van der Waals surface area contributed by atoms with E-state index in [0.29, 0.717) is 13.1 Å². The second-order valence-corrected chi connectivity index (χ2v) is 6.92. The minimum absolute atomic E-state index is 0.0504. The summed E-state index contributed by atoms with van der Waals surface area (Å²) in [4.78, 5) is 37.6. The molecule has 1 aromatic carbocycles. The summed E-state index contributed by atoms with van der Waals surface area (Å²) >= 11 is 0. The number of carbonyl (C=O) groups is 3. The van der Waals surface area contributed by atoms with Crippen LogP contribution in [0.3, 0.4) is 0 Å². The molecule has 1 N–H and O–H groups in total. The van der Waals surface area contributed by atoms with Gasteiger partial charge in [0.1, 0.15) is 5.75 Å². The first-order valence-corrected chi connectivity index (χ1v) is 8.55. The molecule has 2 amide bonds. The molecule has 136 valence electrons. The Morgan fingerprint density at radius 2 is 1.84 bits per heavy atom. The highest BCUT2D eigenvalue weighted by molar-refractivity contribution is 6.36. The molecule has 1 heterocycles. The van der Waals surface area contributed by atoms with Crippen molar-refractivity contribution in [3.63, 3.8) is 0 Å². The zero-order valence-electron chi connectivity index (χ0n) is 15.2. The number of benzene rings is 1. The molecule has 0 aromatic heterocycles. The van der Waals surface area contributed by atoms with Crippen molar-refractivity contribution in [2.75, 3.05) is 20.2 Å². The molecule has 6 nitrogen and oxygen atoms in total. The SMILES string of the molecule is COc1ccc([C@@H]2CN(C(=O)C(=O)CC(C)C)C[C@H]2NC(C)=O)cc1. The number of hydrogen-bond acceptors (Lipinski definition) is 4. The smallest absolute Gasteiger partial charge is 0.290 e. The predicted octanol–water partition coefficient (Wildman–Crippen LogP) is 1.74. The Kier molecular flexibility index (Phi) is 6.17. The molecule has 1 aromatic rings. The van der Waals surface area contributed by atoms with E-state index in [2.05, 4.69) is 5.32 Å². The number of rotatable bonds is 6. The molecule has 0 radical (unpaired) electrons. The number of Topliss-reactive ketones (excluding diaryl/α,β-unsaturated/α-hetero) is 1. The Hall–Kier alpha value is -2.37. The van der Waals surface area contributed by atoms with E-state index >= 15 is 0 Å². The Labute approximate surface area is 148 Å². The summed E-state index contributed by atoms with van der Waals surface area (Å²) in [6.07, 6.45) is 0.243. The fourth-order valence-electron chi connectivity index (χ4n) is 3.20. The van der Waals surface area contributed by atoms with Crippen LogP contribution >= 0.6 is 0 Å². The van der Waals surface area contributed by atoms with Gasteiger partial charge in [0, 0.05) is 32.4 Å². The topological polar surface area (TPSA) is 75.7 Å². The van der Waals surface area contributed by atoms with Crippen LogP contribution in [0.4, 0.5) is 0 Å². The number of likely N-dealkylation sites (tertiary alicyclic amines) is 1. The fraction of sp³-hybridized carbons (Fsp3) is 0.526. The van der Waals surface area contributed by atoms with Crippen LogP contribution in [-0.2, 0) is 14.4 Å². The Morgan fingerprint density at radius 1 is 1.20 bits per heavy atom. The van der Waals surface area contributed by atoms with Crippen molar-refractivity contribution in [3.8, 4) is 5.75 Å². The number of hydrogen-bond donors (Lipinski definition) is 1. The van der Waals surface area contributed by atoms with Gasteiger partial charge in [0.15, 0.2) is 0 Å². The van der Waals surface area contributed by atoms with E-state index in [0.717, 1.165) is 11.3 Å². The predicted molar refractivity (Wildman–Crippen MR) is 94.4 cm³/mol. The summed E-state index contributed by atoms with van der Waals surface area (Å²) in [6, 6.07) is 7.37. The third kappa shape index (κ3) is 4.81. The molecule has 2 atom stereocenters. The summed E-state index contributed by atoms with van der Waals surface area (Å²) in [7, 11) is 1.60. The van der Waals surface area contributed by atoms with E-state index < -0.39 is 5.91 Å². The normalized spacial score (nSPS) is 19.8. The van der Waals surface area contributed by atoms with Crippen molar-refractivity contribution in [2.24, 2.45) is 5.92 Å². The summed E-state index contributed by atoms with van der Waals surface area (Å²) < 4.78 is 5.17. The Balaban J connectivity index is 2.17. The molecule has 0 spiro atoms. The van der Waals surface area contributed by atoms with Crippen LogP contribution < -0.4 is 10.1 Å². The van der Waals surface area contributed by atoms with Crippen LogP contribution in [0.15, 0.2) is 24.3 Å². The summed E-state index contributed by atoms with van der Waals surface area (Å²) in [5.41, 5.74) is 1.01. The number of amides is 2. The van der Waals surface area contributed by atoms with Crippen LogP contribution in [0, 0.1) is 5.92 Å². The van der Waals surface area contributed by atoms with Crippen molar-refractivity contribution in [3.05, 3.63) is 29.8 Å². The fourth-order valence-corrected chi connectivity index (χ4v) is 3.20. The average Bonchev–Trinajstić information content (AvgIpc) is 2.96. The van der Waals surface area contributed by atoms with E-state index in [1.807, 2.05) is 38.1 Å². The minimum atomic E-state index is -0.458. The molecular formula is C19H26N2O4. The molecule has 6 heteroatoms. The summed E-state index contributed by atoms with van der Waals surface area (Å²) in [5.74, 6) is -0.135. The van der Waals surface area contributed by atoms with E-state index in [1.165, 1.54) is 6.92 Å². The van der Waals surface area contributed by atoms with E-state index in [-0.39, 0.29) is 36.0 Å². The highest BCUT2D eigenvalue weighted by Gasteiger charge is 2.38. The molecule has 0 unspecified atom stereocenters. The lowest BCUT2D eigenvalue weighted by Gasteiger charge is -2.19. The molecule has 25 heavy (non-hydrogen) atoms. The lowest BCUT2D eigenvalue weighted by Crippen LogP contribution is -2.40. The molecule has 0 aliphatic carbocycles. The summed E-state index contributed by atoms with van der Waals surface area (Å²) in [6.45, 7) is 6.04. The van der Waals surface area contributed by atoms with Gasteiger partial charge in [-0.05, 0) is 23.6 Å². The van der Waals surface area contributed by atoms with Gasteiger partial charge in [0.2, 0.25) is 11.7 Å². The van der Waals surface area contributed by atoms with Gasteiger partial charge in [-0.25, -0.2) is 0 Å². The second kappa shape index (κ2) is 8.14. The van der Waals surface area contributed by atoms with Crippen LogP contribution in [0.1, 0.15) is 38.7 Å². The number of nitrogens with one attached hydrogen (secondary N) is 1. The maximum Gasteiger partial charge on any atom is 0.290 e. The zero-order chi connectivity index (χ0) is 18.6. The third-order valence-corrected chi connectivity index (χ3v) is 4.37. The van der Waals surface area contributed by atoms with Crippen molar-refractivity contribution >= 4 is 17.6 Å². The molecule has 1 fully saturated rings. The maximum atomic E-state index is 12.4. The monoisotopic (exact) mass is 346 g/mol. The first-order chi connectivity index (χ1) is 11.8. The lowest BCUT2D eigenvalue weighted by molar-refractivity contribution is -0.144. The molecule has 1 saturated heterocycles. The van der Waals surface area contributed by atoms with Gasteiger partial charge in [-0.2, -0.15) is 0 Å². The van der Waals surface area contributed by atoms with E-state index in [9.17, 15) is 14.4 Å².